The maximum Gasteiger partial charge on any atom is 0.358 e. The van der Waals surface area contributed by atoms with E-state index >= 15 is 0 Å². The van der Waals surface area contributed by atoms with Gasteiger partial charge in [-0.2, -0.15) is 5.10 Å². The Bertz CT molecular complexity index is 823. The van der Waals surface area contributed by atoms with Crippen LogP contribution < -0.4 is 4.72 Å². The van der Waals surface area contributed by atoms with Gasteiger partial charge in [0.15, 0.2) is 5.69 Å². The molecule has 2 aromatic rings. The summed E-state index contributed by atoms with van der Waals surface area (Å²) in [6.45, 7) is 3.61. The summed E-state index contributed by atoms with van der Waals surface area (Å²) in [5.74, 6) is -0.660. The molecule has 23 heavy (non-hydrogen) atoms. The number of methoxy groups -OCH3 is 1. The lowest BCUT2D eigenvalue weighted by Gasteiger charge is -2.10. The third-order valence-corrected chi connectivity index (χ3v) is 4.84. The normalized spacial score (nSPS) is 11.3. The number of hydrogen-bond acceptors (Lipinski definition) is 5. The lowest BCUT2D eigenvalue weighted by atomic mass is 10.2. The Labute approximate surface area is 135 Å². The molecule has 0 aliphatic carbocycles. The van der Waals surface area contributed by atoms with Crippen molar-refractivity contribution in [1.29, 1.82) is 0 Å². The average molecular weight is 337 g/mol. The molecule has 0 unspecified atom stereocenters. The van der Waals surface area contributed by atoms with E-state index in [9.17, 15) is 13.2 Å². The summed E-state index contributed by atoms with van der Waals surface area (Å²) < 4.78 is 33.5. The molecule has 0 saturated carbocycles. The minimum absolute atomic E-state index is 0.0544. The van der Waals surface area contributed by atoms with Gasteiger partial charge in [-0.3, -0.25) is 9.40 Å². The number of sulfonamides is 1. The summed E-state index contributed by atoms with van der Waals surface area (Å²) in [5.41, 5.74) is 1.61. The number of aryl methyl sites for hydroxylation is 3. The zero-order chi connectivity index (χ0) is 17.2. The van der Waals surface area contributed by atoms with Crippen molar-refractivity contribution in [3.8, 4) is 0 Å². The van der Waals surface area contributed by atoms with Crippen molar-refractivity contribution in [3.63, 3.8) is 0 Å². The molecule has 124 valence electrons. The third kappa shape index (κ3) is 3.37. The summed E-state index contributed by atoms with van der Waals surface area (Å²) in [5, 5.41) is 4.07. The maximum atomic E-state index is 12.5. The summed E-state index contributed by atoms with van der Waals surface area (Å²) >= 11 is 0. The van der Waals surface area contributed by atoms with E-state index in [0.29, 0.717) is 5.69 Å². The number of carbonyl (C=O) groups is 1. The van der Waals surface area contributed by atoms with Gasteiger partial charge in [0.2, 0.25) is 0 Å². The minimum atomic E-state index is -3.82. The van der Waals surface area contributed by atoms with Crippen LogP contribution in [0.5, 0.6) is 0 Å². The highest BCUT2D eigenvalue weighted by Crippen LogP contribution is 2.24. The summed E-state index contributed by atoms with van der Waals surface area (Å²) in [7, 11) is -1.05. The van der Waals surface area contributed by atoms with Gasteiger partial charge in [-0.25, -0.2) is 13.2 Å². The van der Waals surface area contributed by atoms with Crippen molar-refractivity contribution < 1.29 is 17.9 Å². The van der Waals surface area contributed by atoms with Crippen LogP contribution in [-0.4, -0.2) is 31.3 Å². The van der Waals surface area contributed by atoms with Crippen LogP contribution in [-0.2, 0) is 28.2 Å². The SMILES string of the molecule is CCc1ccc(S(=O)(=O)Nc2c(C)nn(C)c2C(=O)OC)cc1. The molecular formula is C15H19N3O4S. The molecular weight excluding hydrogens is 318 g/mol. The monoisotopic (exact) mass is 337 g/mol. The second-order valence-corrected chi connectivity index (χ2v) is 6.71. The Balaban J connectivity index is 2.43. The molecule has 0 amide bonds. The van der Waals surface area contributed by atoms with E-state index in [-0.39, 0.29) is 16.3 Å². The van der Waals surface area contributed by atoms with Gasteiger partial charge < -0.3 is 4.74 Å². The molecule has 1 aromatic heterocycles. The molecule has 0 spiro atoms. The van der Waals surface area contributed by atoms with Crippen LogP contribution >= 0.6 is 0 Å². The Hall–Kier alpha value is -2.35. The molecule has 1 aromatic carbocycles. The van der Waals surface area contributed by atoms with Gasteiger partial charge in [0.05, 0.1) is 17.7 Å². The fourth-order valence-corrected chi connectivity index (χ4v) is 3.33. The standard InChI is InChI=1S/C15H19N3O4S/c1-5-11-6-8-12(9-7-11)23(20,21)17-13-10(2)16-18(3)14(13)15(19)22-4/h6-9,17H,5H2,1-4H3. The van der Waals surface area contributed by atoms with Gasteiger partial charge in [-0.05, 0) is 31.0 Å². The number of hydrogen-bond donors (Lipinski definition) is 1. The highest BCUT2D eigenvalue weighted by Gasteiger charge is 2.25. The summed E-state index contributed by atoms with van der Waals surface area (Å²) in [4.78, 5) is 12.0. The molecule has 2 rings (SSSR count). The van der Waals surface area contributed by atoms with E-state index < -0.39 is 16.0 Å². The number of carbonyl (C=O) groups excluding carboxylic acids is 1. The second kappa shape index (κ2) is 6.41. The van der Waals surface area contributed by atoms with Gasteiger partial charge in [0.1, 0.15) is 5.69 Å². The third-order valence-electron chi connectivity index (χ3n) is 3.48. The van der Waals surface area contributed by atoms with E-state index in [1.807, 2.05) is 6.92 Å². The predicted molar refractivity (Wildman–Crippen MR) is 85.9 cm³/mol. The van der Waals surface area contributed by atoms with Crippen molar-refractivity contribution in [2.24, 2.45) is 7.05 Å². The van der Waals surface area contributed by atoms with Crippen LogP contribution in [0.2, 0.25) is 0 Å². The molecule has 0 atom stereocenters. The lowest BCUT2D eigenvalue weighted by molar-refractivity contribution is 0.0589. The van der Waals surface area contributed by atoms with Crippen LogP contribution in [0.3, 0.4) is 0 Å². The molecule has 0 bridgehead atoms. The number of nitrogens with one attached hydrogen (secondary N) is 1. The molecule has 8 heteroatoms. The lowest BCUT2D eigenvalue weighted by Crippen LogP contribution is -2.17. The first-order valence-electron chi connectivity index (χ1n) is 7.03. The highest BCUT2D eigenvalue weighted by atomic mass is 32.2. The smallest absolute Gasteiger partial charge is 0.358 e. The first kappa shape index (κ1) is 17.0. The molecule has 1 heterocycles. The van der Waals surface area contributed by atoms with Gasteiger partial charge in [-0.15, -0.1) is 0 Å². The second-order valence-electron chi connectivity index (χ2n) is 5.03. The zero-order valence-corrected chi connectivity index (χ0v) is 14.3. The van der Waals surface area contributed by atoms with Crippen LogP contribution in [0.15, 0.2) is 29.2 Å². The van der Waals surface area contributed by atoms with Crippen LogP contribution in [0.4, 0.5) is 5.69 Å². The Morgan fingerprint density at radius 2 is 1.91 bits per heavy atom. The Morgan fingerprint density at radius 1 is 1.30 bits per heavy atom. The molecule has 1 N–H and O–H groups in total. The van der Waals surface area contributed by atoms with Crippen LogP contribution in [0.25, 0.3) is 0 Å². The summed E-state index contributed by atoms with van der Waals surface area (Å²) in [6, 6.07) is 6.58. The average Bonchev–Trinajstić information content (AvgIpc) is 2.80. The van der Waals surface area contributed by atoms with Gasteiger partial charge >= 0.3 is 5.97 Å². The van der Waals surface area contributed by atoms with E-state index in [0.717, 1.165) is 12.0 Å². The van der Waals surface area contributed by atoms with Gasteiger partial charge in [0, 0.05) is 7.05 Å². The first-order chi connectivity index (χ1) is 10.8. The number of esters is 1. The molecule has 0 fully saturated rings. The van der Waals surface area contributed by atoms with E-state index in [1.54, 1.807) is 26.1 Å². The fraction of sp³-hybridized carbons (Fsp3) is 0.333. The first-order valence-corrected chi connectivity index (χ1v) is 8.52. The zero-order valence-electron chi connectivity index (χ0n) is 13.5. The molecule has 7 nitrogen and oxygen atoms in total. The van der Waals surface area contributed by atoms with E-state index in [4.69, 9.17) is 0 Å². The van der Waals surface area contributed by atoms with Crippen molar-refractivity contribution in [3.05, 3.63) is 41.2 Å². The number of rotatable bonds is 5. The molecule has 0 saturated heterocycles. The Morgan fingerprint density at radius 3 is 2.43 bits per heavy atom. The van der Waals surface area contributed by atoms with Crippen molar-refractivity contribution >= 4 is 21.7 Å². The van der Waals surface area contributed by atoms with Crippen molar-refractivity contribution in [2.75, 3.05) is 11.8 Å². The number of anilines is 1. The quantitative estimate of drug-likeness (QED) is 0.841. The van der Waals surface area contributed by atoms with E-state index in [1.165, 1.54) is 23.9 Å². The minimum Gasteiger partial charge on any atom is -0.464 e. The molecule has 0 aliphatic heterocycles. The van der Waals surface area contributed by atoms with Crippen molar-refractivity contribution in [2.45, 2.75) is 25.2 Å². The summed E-state index contributed by atoms with van der Waals surface area (Å²) in [6.07, 6.45) is 0.821. The molecule has 0 aliphatic rings. The van der Waals surface area contributed by atoms with E-state index in [2.05, 4.69) is 14.6 Å². The number of ether oxygens (including phenoxy) is 1. The fourth-order valence-electron chi connectivity index (χ4n) is 2.21. The largest absolute Gasteiger partial charge is 0.464 e. The number of nitrogens with zero attached hydrogens (tertiary/aromatic N) is 2. The van der Waals surface area contributed by atoms with Crippen LogP contribution in [0.1, 0.15) is 28.7 Å². The molecule has 0 radical (unpaired) electrons. The Kier molecular flexibility index (Phi) is 4.74. The maximum absolute atomic E-state index is 12.5. The van der Waals surface area contributed by atoms with Gasteiger partial charge in [0.25, 0.3) is 10.0 Å². The predicted octanol–water partition coefficient (Wildman–Crippen LogP) is 1.88. The highest BCUT2D eigenvalue weighted by molar-refractivity contribution is 7.92. The topological polar surface area (TPSA) is 90.3 Å². The number of benzene rings is 1. The number of aromatic nitrogens is 2. The van der Waals surface area contributed by atoms with Gasteiger partial charge in [-0.1, -0.05) is 19.1 Å². The van der Waals surface area contributed by atoms with Crippen LogP contribution in [0, 0.1) is 6.92 Å². The van der Waals surface area contributed by atoms with Crippen molar-refractivity contribution in [1.82, 2.24) is 9.78 Å².